The van der Waals surface area contributed by atoms with Gasteiger partial charge in [0, 0.05) is 24.8 Å². The number of aryl methyl sites for hydroxylation is 1. The second-order valence-electron chi connectivity index (χ2n) is 5.83. The number of benzene rings is 2. The van der Waals surface area contributed by atoms with Gasteiger partial charge in [-0.3, -0.25) is 9.59 Å². The topological polar surface area (TPSA) is 99.2 Å². The van der Waals surface area contributed by atoms with Crippen molar-refractivity contribution in [3.63, 3.8) is 0 Å². The molecule has 3 N–H and O–H groups in total. The number of nitrogens with one attached hydrogen (secondary N) is 1. The van der Waals surface area contributed by atoms with Crippen LogP contribution in [0.3, 0.4) is 0 Å². The van der Waals surface area contributed by atoms with Gasteiger partial charge in [-0.15, -0.1) is 0 Å². The van der Waals surface area contributed by atoms with Gasteiger partial charge >= 0.3 is 0 Å². The van der Waals surface area contributed by atoms with Crippen molar-refractivity contribution in [3.8, 4) is 6.07 Å². The highest BCUT2D eigenvalue weighted by molar-refractivity contribution is 5.94. The number of nitrogens with two attached hydrogens (primary N) is 1. The molecule has 0 fully saturated rings. The number of carbonyl (C=O) groups excluding carboxylic acids is 2. The Kier molecular flexibility index (Phi) is 5.75. The fraction of sp³-hybridized carbons (Fsp3) is 0.211. The minimum atomic E-state index is -0.473. The van der Waals surface area contributed by atoms with E-state index < -0.39 is 5.91 Å². The number of nitrogens with zero attached hydrogens (tertiary/aromatic N) is 2. The lowest BCUT2D eigenvalue weighted by atomic mass is 10.1. The number of primary amides is 1. The summed E-state index contributed by atoms with van der Waals surface area (Å²) in [7, 11) is 1.72. The maximum Gasteiger partial charge on any atom is 0.251 e. The van der Waals surface area contributed by atoms with E-state index in [0.717, 1.165) is 11.1 Å². The summed E-state index contributed by atoms with van der Waals surface area (Å²) in [5.41, 5.74) is 8.79. The molecule has 0 aliphatic rings. The van der Waals surface area contributed by atoms with E-state index in [1.165, 1.54) is 0 Å². The van der Waals surface area contributed by atoms with E-state index in [1.807, 2.05) is 25.1 Å². The normalized spacial score (nSPS) is 9.96. The van der Waals surface area contributed by atoms with E-state index in [0.29, 0.717) is 16.8 Å². The fourth-order valence-electron chi connectivity index (χ4n) is 2.52. The lowest BCUT2D eigenvalue weighted by Gasteiger charge is -2.21. The third-order valence-electron chi connectivity index (χ3n) is 3.74. The van der Waals surface area contributed by atoms with Crippen LogP contribution in [0.5, 0.6) is 0 Å². The molecule has 0 radical (unpaired) electrons. The van der Waals surface area contributed by atoms with E-state index in [1.54, 1.807) is 36.2 Å². The van der Waals surface area contributed by atoms with Gasteiger partial charge < -0.3 is 16.0 Å². The molecule has 0 unspecified atom stereocenters. The number of nitriles is 1. The molecule has 0 heterocycles. The summed E-state index contributed by atoms with van der Waals surface area (Å²) in [5.74, 6) is -0.656. The number of carbonyl (C=O) groups is 2. The molecule has 128 valence electrons. The number of hydrogen-bond acceptors (Lipinski definition) is 4. The molecule has 0 bridgehead atoms. The fourth-order valence-corrected chi connectivity index (χ4v) is 2.52. The molecule has 6 heteroatoms. The van der Waals surface area contributed by atoms with Gasteiger partial charge in [-0.05, 0) is 36.8 Å². The first-order chi connectivity index (χ1) is 11.9. The molecule has 0 aliphatic carbocycles. The highest BCUT2D eigenvalue weighted by atomic mass is 16.2. The summed E-state index contributed by atoms with van der Waals surface area (Å²) in [5, 5.41) is 11.9. The molecule has 0 spiro atoms. The van der Waals surface area contributed by atoms with Crippen LogP contribution in [0.1, 0.15) is 27.0 Å². The zero-order valence-electron chi connectivity index (χ0n) is 14.2. The monoisotopic (exact) mass is 336 g/mol. The number of rotatable bonds is 6. The van der Waals surface area contributed by atoms with Crippen molar-refractivity contribution >= 4 is 17.5 Å². The van der Waals surface area contributed by atoms with Gasteiger partial charge in [0.15, 0.2) is 0 Å². The summed E-state index contributed by atoms with van der Waals surface area (Å²) < 4.78 is 0. The van der Waals surface area contributed by atoms with Crippen LogP contribution in [0.4, 0.5) is 5.69 Å². The van der Waals surface area contributed by atoms with Crippen molar-refractivity contribution in [1.29, 1.82) is 5.26 Å². The van der Waals surface area contributed by atoms with Crippen LogP contribution in [0.2, 0.25) is 0 Å². The average Bonchev–Trinajstić information content (AvgIpc) is 2.58. The van der Waals surface area contributed by atoms with Crippen molar-refractivity contribution in [2.75, 3.05) is 18.5 Å². The maximum absolute atomic E-state index is 12.3. The van der Waals surface area contributed by atoms with Crippen LogP contribution in [0.25, 0.3) is 0 Å². The zero-order valence-corrected chi connectivity index (χ0v) is 14.2. The van der Waals surface area contributed by atoms with Crippen molar-refractivity contribution in [2.24, 2.45) is 5.73 Å². The predicted octanol–water partition coefficient (Wildman–Crippen LogP) is 1.72. The highest BCUT2D eigenvalue weighted by Crippen LogP contribution is 2.21. The molecule has 2 aromatic rings. The maximum atomic E-state index is 12.3. The van der Waals surface area contributed by atoms with Crippen molar-refractivity contribution in [2.45, 2.75) is 13.5 Å². The molecule has 0 saturated heterocycles. The van der Waals surface area contributed by atoms with Crippen LogP contribution in [-0.2, 0) is 11.3 Å². The molecule has 6 nitrogen and oxygen atoms in total. The van der Waals surface area contributed by atoms with Gasteiger partial charge in [-0.2, -0.15) is 5.26 Å². The van der Waals surface area contributed by atoms with Crippen molar-refractivity contribution in [1.82, 2.24) is 5.32 Å². The Bertz CT molecular complexity index is 840. The van der Waals surface area contributed by atoms with Crippen LogP contribution in [-0.4, -0.2) is 25.4 Å². The lowest BCUT2D eigenvalue weighted by Crippen LogP contribution is -2.32. The summed E-state index contributed by atoms with van der Waals surface area (Å²) in [6.07, 6.45) is 0. The second-order valence-corrected chi connectivity index (χ2v) is 5.83. The molecule has 0 aromatic heterocycles. The van der Waals surface area contributed by atoms with Crippen molar-refractivity contribution in [3.05, 3.63) is 64.7 Å². The molecular weight excluding hydrogens is 316 g/mol. The number of anilines is 1. The van der Waals surface area contributed by atoms with E-state index in [-0.39, 0.29) is 19.0 Å². The van der Waals surface area contributed by atoms with Gasteiger partial charge in [-0.25, -0.2) is 0 Å². The first-order valence-corrected chi connectivity index (χ1v) is 7.78. The van der Waals surface area contributed by atoms with Gasteiger partial charge in [-0.1, -0.05) is 23.8 Å². The molecule has 2 amide bonds. The Morgan fingerprint density at radius 2 is 2.00 bits per heavy atom. The standard InChI is InChI=1S/C19H20N4O2/c1-13-4-3-5-15(8-13)19(25)22-11-16-7-6-14(10-20)9-17(16)23(2)12-18(21)24/h3-9H,11-12H2,1-2H3,(H2,21,24)(H,22,25). The zero-order chi connectivity index (χ0) is 18.4. The first-order valence-electron chi connectivity index (χ1n) is 7.78. The molecule has 2 aromatic carbocycles. The number of likely N-dealkylation sites (N-methyl/N-ethyl adjacent to an activating group) is 1. The molecule has 2 rings (SSSR count). The van der Waals surface area contributed by atoms with E-state index in [4.69, 9.17) is 11.0 Å². The molecular formula is C19H20N4O2. The predicted molar refractivity (Wildman–Crippen MR) is 96.0 cm³/mol. The van der Waals surface area contributed by atoms with Crippen LogP contribution in [0, 0.1) is 18.3 Å². The van der Waals surface area contributed by atoms with Crippen LogP contribution >= 0.6 is 0 Å². The molecule has 0 aliphatic heterocycles. The van der Waals surface area contributed by atoms with Gasteiger partial charge in [0.25, 0.3) is 5.91 Å². The number of hydrogen-bond donors (Lipinski definition) is 2. The Labute approximate surface area is 146 Å². The van der Waals surface area contributed by atoms with Gasteiger partial charge in [0.1, 0.15) is 0 Å². The molecule has 25 heavy (non-hydrogen) atoms. The van der Waals surface area contributed by atoms with E-state index in [9.17, 15) is 9.59 Å². The van der Waals surface area contributed by atoms with Gasteiger partial charge in [0.05, 0.1) is 18.2 Å². The third kappa shape index (κ3) is 4.82. The minimum Gasteiger partial charge on any atom is -0.368 e. The number of amides is 2. The second kappa shape index (κ2) is 7.97. The first kappa shape index (κ1) is 18.0. The van der Waals surface area contributed by atoms with E-state index in [2.05, 4.69) is 11.4 Å². The summed E-state index contributed by atoms with van der Waals surface area (Å²) >= 11 is 0. The largest absolute Gasteiger partial charge is 0.368 e. The average molecular weight is 336 g/mol. The van der Waals surface area contributed by atoms with Crippen LogP contribution in [0.15, 0.2) is 42.5 Å². The Morgan fingerprint density at radius 1 is 1.24 bits per heavy atom. The Hall–Kier alpha value is -3.33. The van der Waals surface area contributed by atoms with Gasteiger partial charge in [0.2, 0.25) is 5.91 Å². The summed E-state index contributed by atoms with van der Waals surface area (Å²) in [4.78, 5) is 25.1. The summed E-state index contributed by atoms with van der Waals surface area (Å²) in [6, 6.07) is 14.5. The van der Waals surface area contributed by atoms with E-state index >= 15 is 0 Å². The quantitative estimate of drug-likeness (QED) is 0.839. The molecule has 0 saturated carbocycles. The van der Waals surface area contributed by atoms with Crippen molar-refractivity contribution < 1.29 is 9.59 Å². The lowest BCUT2D eigenvalue weighted by molar-refractivity contribution is -0.116. The third-order valence-corrected chi connectivity index (χ3v) is 3.74. The Morgan fingerprint density at radius 3 is 2.64 bits per heavy atom. The SMILES string of the molecule is Cc1cccc(C(=O)NCc2ccc(C#N)cc2N(C)CC(N)=O)c1. The Balaban J connectivity index is 2.19. The van der Waals surface area contributed by atoms with Crippen LogP contribution < -0.4 is 16.0 Å². The smallest absolute Gasteiger partial charge is 0.251 e. The minimum absolute atomic E-state index is 0.0215. The highest BCUT2D eigenvalue weighted by Gasteiger charge is 2.12. The molecule has 0 atom stereocenters. The summed E-state index contributed by atoms with van der Waals surface area (Å²) in [6.45, 7) is 2.22.